The fourth-order valence-electron chi connectivity index (χ4n) is 4.07. The van der Waals surface area contributed by atoms with Crippen LogP contribution in [0.15, 0.2) is 0 Å². The SMILES string of the molecule is CCCNC(=O)CN1CCC(NC(=O)C2CSC3(C)CCC(=O)N23)CC1. The molecule has 2 N–H and O–H groups in total. The van der Waals surface area contributed by atoms with Crippen LogP contribution in [0, 0.1) is 0 Å². The monoisotopic (exact) mass is 382 g/mol. The number of nitrogens with zero attached hydrogens (tertiary/aromatic N) is 2. The van der Waals surface area contributed by atoms with E-state index in [1.54, 1.807) is 16.7 Å². The number of amides is 3. The van der Waals surface area contributed by atoms with Gasteiger partial charge in [-0.2, -0.15) is 0 Å². The van der Waals surface area contributed by atoms with Crippen LogP contribution in [0.4, 0.5) is 0 Å². The predicted molar refractivity (Wildman–Crippen MR) is 102 cm³/mol. The van der Waals surface area contributed by atoms with Crippen molar-refractivity contribution in [3.8, 4) is 0 Å². The average Bonchev–Trinajstić information content (AvgIpc) is 3.11. The van der Waals surface area contributed by atoms with Crippen LogP contribution < -0.4 is 10.6 Å². The lowest BCUT2D eigenvalue weighted by molar-refractivity contribution is -0.138. The Bertz CT molecular complexity index is 565. The Kier molecular flexibility index (Phi) is 6.12. The Morgan fingerprint density at radius 2 is 2.04 bits per heavy atom. The summed E-state index contributed by atoms with van der Waals surface area (Å²) < 4.78 is 0. The second-order valence-corrected chi connectivity index (χ2v) is 9.18. The summed E-state index contributed by atoms with van der Waals surface area (Å²) in [6.07, 6.45) is 4.01. The Hall–Kier alpha value is -1.28. The number of carbonyl (C=O) groups is 3. The minimum absolute atomic E-state index is 0.0180. The predicted octanol–water partition coefficient (Wildman–Crippen LogP) is 0.547. The summed E-state index contributed by atoms with van der Waals surface area (Å²) >= 11 is 1.72. The van der Waals surface area contributed by atoms with Crippen molar-refractivity contribution in [1.29, 1.82) is 0 Å². The van der Waals surface area contributed by atoms with E-state index in [1.165, 1.54) is 0 Å². The summed E-state index contributed by atoms with van der Waals surface area (Å²) in [6, 6.07) is -0.204. The third-order valence-corrected chi connectivity index (χ3v) is 7.13. The molecule has 3 saturated heterocycles. The minimum Gasteiger partial charge on any atom is -0.355 e. The molecular formula is C18H30N4O3S. The number of nitrogens with one attached hydrogen (secondary N) is 2. The van der Waals surface area contributed by atoms with Gasteiger partial charge in [-0.05, 0) is 32.6 Å². The van der Waals surface area contributed by atoms with Crippen LogP contribution >= 0.6 is 11.8 Å². The van der Waals surface area contributed by atoms with Crippen molar-refractivity contribution in [3.63, 3.8) is 0 Å². The lowest BCUT2D eigenvalue weighted by Gasteiger charge is -2.34. The highest BCUT2D eigenvalue weighted by molar-refractivity contribution is 8.01. The van der Waals surface area contributed by atoms with Crippen LogP contribution in [0.2, 0.25) is 0 Å². The lowest BCUT2D eigenvalue weighted by atomic mass is 10.0. The smallest absolute Gasteiger partial charge is 0.243 e. The summed E-state index contributed by atoms with van der Waals surface area (Å²) in [4.78, 5) is 40.5. The highest BCUT2D eigenvalue weighted by atomic mass is 32.2. The van der Waals surface area contributed by atoms with Crippen LogP contribution in [0.1, 0.15) is 46.0 Å². The van der Waals surface area contributed by atoms with E-state index in [4.69, 9.17) is 0 Å². The maximum absolute atomic E-state index is 12.7. The molecule has 3 rings (SSSR count). The molecule has 0 spiro atoms. The number of rotatable bonds is 6. The quantitative estimate of drug-likeness (QED) is 0.701. The van der Waals surface area contributed by atoms with Gasteiger partial charge in [-0.3, -0.25) is 19.3 Å². The number of likely N-dealkylation sites (tertiary alicyclic amines) is 1. The van der Waals surface area contributed by atoms with E-state index in [0.717, 1.165) is 45.3 Å². The van der Waals surface area contributed by atoms with Crippen molar-refractivity contribution >= 4 is 29.5 Å². The van der Waals surface area contributed by atoms with Gasteiger partial charge < -0.3 is 15.5 Å². The van der Waals surface area contributed by atoms with Crippen LogP contribution in [0.25, 0.3) is 0 Å². The molecule has 0 saturated carbocycles. The first-order chi connectivity index (χ1) is 12.4. The van der Waals surface area contributed by atoms with Gasteiger partial charge in [0.25, 0.3) is 0 Å². The first kappa shape index (κ1) is 19.5. The number of thioether (sulfide) groups is 1. The Morgan fingerprint density at radius 3 is 2.73 bits per heavy atom. The van der Waals surface area contributed by atoms with E-state index in [9.17, 15) is 14.4 Å². The molecule has 3 fully saturated rings. The first-order valence-electron chi connectivity index (χ1n) is 9.68. The van der Waals surface area contributed by atoms with Crippen LogP contribution in [0.5, 0.6) is 0 Å². The van der Waals surface area contributed by atoms with Gasteiger partial charge in [-0.1, -0.05) is 6.92 Å². The topological polar surface area (TPSA) is 81.8 Å². The van der Waals surface area contributed by atoms with Gasteiger partial charge in [0.2, 0.25) is 17.7 Å². The summed E-state index contributed by atoms with van der Waals surface area (Å²) in [5.41, 5.74) is 0. The van der Waals surface area contributed by atoms with Crippen molar-refractivity contribution in [3.05, 3.63) is 0 Å². The van der Waals surface area contributed by atoms with E-state index in [0.29, 0.717) is 18.7 Å². The van der Waals surface area contributed by atoms with Crippen molar-refractivity contribution in [2.75, 3.05) is 31.9 Å². The van der Waals surface area contributed by atoms with Gasteiger partial charge in [0.15, 0.2) is 0 Å². The minimum atomic E-state index is -0.335. The Morgan fingerprint density at radius 1 is 1.31 bits per heavy atom. The van der Waals surface area contributed by atoms with Gasteiger partial charge in [-0.15, -0.1) is 11.8 Å². The number of hydrogen-bond acceptors (Lipinski definition) is 5. The van der Waals surface area contributed by atoms with E-state index in [-0.39, 0.29) is 34.7 Å². The van der Waals surface area contributed by atoms with Gasteiger partial charge in [0, 0.05) is 37.8 Å². The van der Waals surface area contributed by atoms with Crippen LogP contribution in [0.3, 0.4) is 0 Å². The molecule has 26 heavy (non-hydrogen) atoms. The third-order valence-electron chi connectivity index (χ3n) is 5.62. The molecule has 0 aliphatic carbocycles. The normalized spacial score (nSPS) is 29.7. The molecule has 3 aliphatic heterocycles. The standard InChI is InChI=1S/C18H30N4O3S/c1-3-8-19-15(23)11-21-9-5-13(6-10-21)20-17(25)14-12-26-18(2)7-4-16(24)22(14)18/h13-14H,3-12H2,1-2H3,(H,19,23)(H,20,25). The summed E-state index contributed by atoms with van der Waals surface area (Å²) in [5, 5.41) is 6.05. The van der Waals surface area contributed by atoms with E-state index in [1.807, 2.05) is 6.92 Å². The average molecular weight is 383 g/mol. The van der Waals surface area contributed by atoms with Crippen LogP contribution in [-0.2, 0) is 14.4 Å². The van der Waals surface area contributed by atoms with E-state index in [2.05, 4.69) is 22.5 Å². The lowest BCUT2D eigenvalue weighted by Crippen LogP contribution is -2.54. The fourth-order valence-corrected chi connectivity index (χ4v) is 5.50. The van der Waals surface area contributed by atoms with Gasteiger partial charge in [0.1, 0.15) is 6.04 Å². The number of carbonyl (C=O) groups excluding carboxylic acids is 3. The summed E-state index contributed by atoms with van der Waals surface area (Å²) in [7, 11) is 0. The number of hydrogen-bond donors (Lipinski definition) is 2. The molecule has 3 amide bonds. The fraction of sp³-hybridized carbons (Fsp3) is 0.833. The number of piperidine rings is 1. The van der Waals surface area contributed by atoms with Crippen LogP contribution in [-0.4, -0.2) is 76.4 Å². The molecule has 7 nitrogen and oxygen atoms in total. The second kappa shape index (κ2) is 8.17. The van der Waals surface area contributed by atoms with E-state index >= 15 is 0 Å². The van der Waals surface area contributed by atoms with Crippen molar-refractivity contribution in [1.82, 2.24) is 20.4 Å². The molecule has 0 aromatic heterocycles. The zero-order chi connectivity index (χ0) is 18.7. The largest absolute Gasteiger partial charge is 0.355 e. The van der Waals surface area contributed by atoms with Crippen molar-refractivity contribution in [2.45, 2.75) is 62.9 Å². The molecule has 3 heterocycles. The molecule has 0 bridgehead atoms. The first-order valence-corrected chi connectivity index (χ1v) is 10.7. The molecule has 0 aromatic rings. The van der Waals surface area contributed by atoms with E-state index < -0.39 is 0 Å². The Balaban J connectivity index is 1.44. The van der Waals surface area contributed by atoms with Gasteiger partial charge in [-0.25, -0.2) is 0 Å². The zero-order valence-corrected chi connectivity index (χ0v) is 16.6. The highest BCUT2D eigenvalue weighted by Gasteiger charge is 2.53. The molecule has 146 valence electrons. The molecule has 3 aliphatic rings. The molecular weight excluding hydrogens is 352 g/mol. The highest BCUT2D eigenvalue weighted by Crippen LogP contribution is 2.47. The van der Waals surface area contributed by atoms with Crippen molar-refractivity contribution in [2.24, 2.45) is 0 Å². The molecule has 2 atom stereocenters. The number of fused-ring (bicyclic) bond motifs is 1. The maximum atomic E-state index is 12.7. The van der Waals surface area contributed by atoms with Gasteiger partial charge in [0.05, 0.1) is 11.4 Å². The molecule has 8 heteroatoms. The Labute approximate surface area is 159 Å². The molecule has 0 radical (unpaired) electrons. The summed E-state index contributed by atoms with van der Waals surface area (Å²) in [5.74, 6) is 0.843. The van der Waals surface area contributed by atoms with Crippen molar-refractivity contribution < 1.29 is 14.4 Å². The maximum Gasteiger partial charge on any atom is 0.243 e. The molecule has 2 unspecified atom stereocenters. The zero-order valence-electron chi connectivity index (χ0n) is 15.8. The second-order valence-electron chi connectivity index (χ2n) is 7.67. The molecule has 0 aromatic carbocycles. The summed E-state index contributed by atoms with van der Waals surface area (Å²) in [6.45, 7) is 6.88. The third kappa shape index (κ3) is 4.17. The van der Waals surface area contributed by atoms with Gasteiger partial charge >= 0.3 is 0 Å².